The van der Waals surface area contributed by atoms with E-state index in [0.717, 1.165) is 48.7 Å². The normalized spacial score (nSPS) is 18.4. The molecule has 1 aliphatic carbocycles. The Morgan fingerprint density at radius 3 is 2.43 bits per heavy atom. The van der Waals surface area contributed by atoms with E-state index in [0.29, 0.717) is 24.9 Å². The fraction of sp³-hybridized carbons (Fsp3) is 0.375. The van der Waals surface area contributed by atoms with Crippen molar-refractivity contribution in [2.45, 2.75) is 51.0 Å². The van der Waals surface area contributed by atoms with E-state index in [-0.39, 0.29) is 17.9 Å². The summed E-state index contributed by atoms with van der Waals surface area (Å²) in [6.07, 6.45) is 5.14. The van der Waals surface area contributed by atoms with Crippen LogP contribution in [0.4, 0.5) is 10.5 Å². The van der Waals surface area contributed by atoms with Gasteiger partial charge < -0.3 is 15.2 Å². The molecule has 3 rings (SSSR count). The topological polar surface area (TPSA) is 95.5 Å². The van der Waals surface area contributed by atoms with Crippen LogP contribution < -0.4 is 10.6 Å². The van der Waals surface area contributed by atoms with E-state index in [9.17, 15) is 19.5 Å². The molecule has 0 spiro atoms. The zero-order chi connectivity index (χ0) is 21.3. The summed E-state index contributed by atoms with van der Waals surface area (Å²) < 4.78 is 0. The van der Waals surface area contributed by atoms with Gasteiger partial charge in [0, 0.05) is 23.9 Å². The van der Waals surface area contributed by atoms with E-state index in [2.05, 4.69) is 10.6 Å². The van der Waals surface area contributed by atoms with Gasteiger partial charge in [0.05, 0.1) is 5.69 Å². The Labute approximate surface area is 176 Å². The third-order valence-corrected chi connectivity index (χ3v) is 5.61. The van der Waals surface area contributed by atoms with E-state index < -0.39 is 6.09 Å². The molecule has 2 aromatic carbocycles. The first-order chi connectivity index (χ1) is 14.5. The van der Waals surface area contributed by atoms with Crippen molar-refractivity contribution >= 4 is 24.0 Å². The van der Waals surface area contributed by atoms with Gasteiger partial charge in [-0.05, 0) is 55.7 Å². The highest BCUT2D eigenvalue weighted by molar-refractivity contribution is 5.90. The first-order valence-corrected chi connectivity index (χ1v) is 10.5. The summed E-state index contributed by atoms with van der Waals surface area (Å²) in [5, 5.41) is 14.7. The van der Waals surface area contributed by atoms with Crippen molar-refractivity contribution in [1.29, 1.82) is 0 Å². The lowest BCUT2D eigenvalue weighted by molar-refractivity contribution is -0.122. The third-order valence-electron chi connectivity index (χ3n) is 5.61. The fourth-order valence-corrected chi connectivity index (χ4v) is 3.99. The highest BCUT2D eigenvalue weighted by atomic mass is 16.4. The zero-order valence-electron chi connectivity index (χ0n) is 17.0. The van der Waals surface area contributed by atoms with Crippen molar-refractivity contribution in [2.24, 2.45) is 5.92 Å². The van der Waals surface area contributed by atoms with Gasteiger partial charge in [0.1, 0.15) is 6.29 Å². The van der Waals surface area contributed by atoms with E-state index in [1.807, 2.05) is 48.5 Å². The van der Waals surface area contributed by atoms with E-state index in [4.69, 9.17) is 0 Å². The second-order valence-electron chi connectivity index (χ2n) is 7.84. The first kappa shape index (κ1) is 21.6. The molecule has 30 heavy (non-hydrogen) atoms. The molecule has 3 N–H and O–H groups in total. The third kappa shape index (κ3) is 6.17. The molecule has 2 amide bonds. The van der Waals surface area contributed by atoms with Crippen molar-refractivity contribution in [3.05, 3.63) is 54.1 Å². The number of carbonyl (C=O) groups is 3. The van der Waals surface area contributed by atoms with E-state index >= 15 is 0 Å². The Morgan fingerprint density at radius 2 is 1.77 bits per heavy atom. The van der Waals surface area contributed by atoms with Crippen molar-refractivity contribution in [1.82, 2.24) is 5.32 Å². The van der Waals surface area contributed by atoms with Gasteiger partial charge >= 0.3 is 6.09 Å². The summed E-state index contributed by atoms with van der Waals surface area (Å²) in [5.74, 6) is 0.181. The number of rotatable bonds is 8. The molecule has 0 atom stereocenters. The summed E-state index contributed by atoms with van der Waals surface area (Å²) in [4.78, 5) is 34.3. The standard InChI is InChI=1S/C24H28N2O4/c27-16-18-9-12-20(13-10-18)25-23(28)8-4-5-17-11-14-21(19-6-2-1-3-7-19)22(15-17)26-24(29)30/h1-3,6-7,11,14-16,18,20,26H,4-5,8-10,12-13H2,(H,25,28)(H,29,30)/t18-,20-. The van der Waals surface area contributed by atoms with Crippen molar-refractivity contribution < 1.29 is 19.5 Å². The molecule has 6 heteroatoms. The van der Waals surface area contributed by atoms with Crippen molar-refractivity contribution in [2.75, 3.05) is 5.32 Å². The molecule has 6 nitrogen and oxygen atoms in total. The SMILES string of the molecule is O=C[C@H]1CC[C@H](NC(=O)CCCc2ccc(-c3ccccc3)c(NC(=O)O)c2)CC1. The molecule has 158 valence electrons. The number of benzene rings is 2. The van der Waals surface area contributed by atoms with Gasteiger partial charge in [0.25, 0.3) is 0 Å². The molecule has 0 saturated heterocycles. The van der Waals surface area contributed by atoms with Crippen LogP contribution in [-0.4, -0.2) is 29.4 Å². The molecule has 0 radical (unpaired) electrons. The summed E-state index contributed by atoms with van der Waals surface area (Å²) in [6, 6.07) is 15.5. The predicted octanol–water partition coefficient (Wildman–Crippen LogP) is 4.64. The van der Waals surface area contributed by atoms with Crippen LogP contribution in [0.2, 0.25) is 0 Å². The summed E-state index contributed by atoms with van der Waals surface area (Å²) in [5.41, 5.74) is 3.29. The molecule has 2 aromatic rings. The average molecular weight is 408 g/mol. The maximum Gasteiger partial charge on any atom is 0.409 e. The van der Waals surface area contributed by atoms with Crippen LogP contribution in [0.5, 0.6) is 0 Å². The predicted molar refractivity (Wildman–Crippen MR) is 116 cm³/mol. The van der Waals surface area contributed by atoms with Crippen LogP contribution in [0.15, 0.2) is 48.5 Å². The molecule has 1 fully saturated rings. The minimum atomic E-state index is -1.10. The monoisotopic (exact) mass is 408 g/mol. The molecule has 0 unspecified atom stereocenters. The minimum absolute atomic E-state index is 0.0364. The lowest BCUT2D eigenvalue weighted by atomic mass is 9.87. The summed E-state index contributed by atoms with van der Waals surface area (Å²) in [6.45, 7) is 0. The van der Waals surface area contributed by atoms with Crippen molar-refractivity contribution in [3.8, 4) is 11.1 Å². The highest BCUT2D eigenvalue weighted by Crippen LogP contribution is 2.29. The maximum absolute atomic E-state index is 12.2. The smallest absolute Gasteiger partial charge is 0.409 e. The van der Waals surface area contributed by atoms with Crippen molar-refractivity contribution in [3.63, 3.8) is 0 Å². The summed E-state index contributed by atoms with van der Waals surface area (Å²) in [7, 11) is 0. The maximum atomic E-state index is 12.2. The van der Waals surface area contributed by atoms with E-state index in [1.165, 1.54) is 0 Å². The van der Waals surface area contributed by atoms with E-state index in [1.54, 1.807) is 0 Å². The van der Waals surface area contributed by atoms with Crippen LogP contribution >= 0.6 is 0 Å². The lowest BCUT2D eigenvalue weighted by Crippen LogP contribution is -2.37. The number of nitrogens with one attached hydrogen (secondary N) is 2. The average Bonchev–Trinajstić information content (AvgIpc) is 2.75. The number of carbonyl (C=O) groups excluding carboxylic acids is 2. The highest BCUT2D eigenvalue weighted by Gasteiger charge is 2.21. The number of hydrogen-bond acceptors (Lipinski definition) is 3. The largest absolute Gasteiger partial charge is 0.465 e. The molecular weight excluding hydrogens is 380 g/mol. The number of aryl methyl sites for hydroxylation is 1. The Morgan fingerprint density at radius 1 is 1.03 bits per heavy atom. The second kappa shape index (κ2) is 10.6. The number of carboxylic acid groups (broad SMARTS) is 1. The number of aldehydes is 1. The number of amides is 2. The molecule has 0 bridgehead atoms. The van der Waals surface area contributed by atoms with Gasteiger partial charge in [-0.2, -0.15) is 0 Å². The quantitative estimate of drug-likeness (QED) is 0.555. The number of anilines is 1. The molecule has 1 aliphatic rings. The van der Waals surface area contributed by atoms with Crippen LogP contribution in [-0.2, 0) is 16.0 Å². The van der Waals surface area contributed by atoms with Gasteiger partial charge in [-0.15, -0.1) is 0 Å². The summed E-state index contributed by atoms with van der Waals surface area (Å²) >= 11 is 0. The van der Waals surface area contributed by atoms with Crippen LogP contribution in [0.1, 0.15) is 44.1 Å². The molecule has 1 saturated carbocycles. The lowest BCUT2D eigenvalue weighted by Gasteiger charge is -2.26. The Hall–Kier alpha value is -3.15. The van der Waals surface area contributed by atoms with Crippen LogP contribution in [0, 0.1) is 5.92 Å². The number of hydrogen-bond donors (Lipinski definition) is 3. The van der Waals surface area contributed by atoms with Crippen LogP contribution in [0.3, 0.4) is 0 Å². The fourth-order valence-electron chi connectivity index (χ4n) is 3.99. The van der Waals surface area contributed by atoms with Gasteiger partial charge in [-0.25, -0.2) is 4.79 Å². The Bertz CT molecular complexity index is 874. The minimum Gasteiger partial charge on any atom is -0.465 e. The Balaban J connectivity index is 1.54. The molecule has 0 aromatic heterocycles. The molecular formula is C24H28N2O4. The Kier molecular flexibility index (Phi) is 7.60. The van der Waals surface area contributed by atoms with Crippen LogP contribution in [0.25, 0.3) is 11.1 Å². The molecule has 0 heterocycles. The van der Waals surface area contributed by atoms with Gasteiger partial charge in [0.15, 0.2) is 0 Å². The van der Waals surface area contributed by atoms with Gasteiger partial charge in [0.2, 0.25) is 5.91 Å². The first-order valence-electron chi connectivity index (χ1n) is 10.5. The van der Waals surface area contributed by atoms with Gasteiger partial charge in [-0.1, -0.05) is 42.5 Å². The van der Waals surface area contributed by atoms with Gasteiger partial charge in [-0.3, -0.25) is 10.1 Å². The molecule has 0 aliphatic heterocycles. The zero-order valence-corrected chi connectivity index (χ0v) is 17.0. The second-order valence-corrected chi connectivity index (χ2v) is 7.84.